The number of benzene rings is 9. The maximum Gasteiger partial charge on any atom is 0.0548 e. The summed E-state index contributed by atoms with van der Waals surface area (Å²) in [6, 6.07) is 74.5. The number of rotatable bonds is 6. The van der Waals surface area contributed by atoms with E-state index >= 15 is 0 Å². The predicted molar refractivity (Wildman–Crippen MR) is 286 cm³/mol. The highest BCUT2D eigenvalue weighted by Crippen LogP contribution is 2.52. The normalized spacial score (nSPS) is 14.3. The van der Waals surface area contributed by atoms with Gasteiger partial charge in [-0.2, -0.15) is 0 Å². The Morgan fingerprint density at radius 2 is 1.06 bits per heavy atom. The fraction of sp³-hybridized carbons (Fsp3) is 0.0794. The fourth-order valence-corrected chi connectivity index (χ4v) is 12.9. The van der Waals surface area contributed by atoms with Gasteiger partial charge in [0.05, 0.1) is 22.1 Å². The minimum absolute atomic E-state index is 0.0560. The van der Waals surface area contributed by atoms with Crippen molar-refractivity contribution < 1.29 is 0 Å². The Hall–Kier alpha value is -7.92. The van der Waals surface area contributed by atoms with Gasteiger partial charge in [0.2, 0.25) is 0 Å². The summed E-state index contributed by atoms with van der Waals surface area (Å²) in [6.45, 7) is 4.84. The van der Waals surface area contributed by atoms with E-state index in [1.807, 2.05) is 11.3 Å². The smallest absolute Gasteiger partial charge is 0.0548 e. The summed E-state index contributed by atoms with van der Waals surface area (Å²) in [7, 11) is 0. The molecule has 0 aliphatic heterocycles. The van der Waals surface area contributed by atoms with Crippen molar-refractivity contribution >= 4 is 97.8 Å². The fourth-order valence-electron chi connectivity index (χ4n) is 11.7. The van der Waals surface area contributed by atoms with E-state index in [4.69, 9.17) is 0 Å². The third-order valence-corrected chi connectivity index (χ3v) is 16.0. The number of thiophene rings is 1. The number of hydrogen-bond donors (Lipinski definition) is 0. The van der Waals surface area contributed by atoms with Gasteiger partial charge in [0.1, 0.15) is 0 Å². The molecular formula is C63H45N3S. The zero-order valence-electron chi connectivity index (χ0n) is 37.4. The Balaban J connectivity index is 1.00. The first-order valence-electron chi connectivity index (χ1n) is 23.5. The van der Waals surface area contributed by atoms with Gasteiger partial charge in [0, 0.05) is 75.6 Å². The number of nitrogens with zero attached hydrogens (tertiary/aromatic N) is 3. The topological polar surface area (TPSA) is 13.1 Å². The molecule has 0 fully saturated rings. The molecule has 0 amide bonds. The molecule has 318 valence electrons. The van der Waals surface area contributed by atoms with Gasteiger partial charge in [0.25, 0.3) is 0 Å². The molecule has 2 aliphatic rings. The molecule has 0 radical (unpaired) electrons. The van der Waals surface area contributed by atoms with Crippen molar-refractivity contribution in [2.75, 3.05) is 4.90 Å². The van der Waals surface area contributed by atoms with Gasteiger partial charge >= 0.3 is 0 Å². The first-order valence-corrected chi connectivity index (χ1v) is 24.3. The molecule has 0 saturated carbocycles. The highest BCUT2D eigenvalue weighted by atomic mass is 32.1. The third-order valence-electron chi connectivity index (χ3n) is 14.8. The minimum atomic E-state index is -0.0560. The van der Waals surface area contributed by atoms with Crippen molar-refractivity contribution in [2.45, 2.75) is 32.1 Å². The Morgan fingerprint density at radius 3 is 1.82 bits per heavy atom. The molecule has 0 bridgehead atoms. The zero-order valence-corrected chi connectivity index (χ0v) is 38.2. The lowest BCUT2D eigenvalue weighted by Gasteiger charge is -2.29. The molecule has 4 heteroatoms. The highest BCUT2D eigenvalue weighted by Gasteiger charge is 2.38. The van der Waals surface area contributed by atoms with Crippen molar-refractivity contribution in [3.8, 4) is 22.5 Å². The van der Waals surface area contributed by atoms with E-state index < -0.39 is 0 Å². The Labute approximate surface area is 393 Å². The predicted octanol–water partition coefficient (Wildman–Crippen LogP) is 17.8. The van der Waals surface area contributed by atoms with Gasteiger partial charge < -0.3 is 14.0 Å². The maximum atomic E-state index is 2.48. The van der Waals surface area contributed by atoms with E-state index in [1.54, 1.807) is 5.57 Å². The summed E-state index contributed by atoms with van der Waals surface area (Å²) in [5.74, 6) is 0. The van der Waals surface area contributed by atoms with E-state index in [-0.39, 0.29) is 5.41 Å². The summed E-state index contributed by atoms with van der Waals surface area (Å²) in [4.78, 5) is 2.48. The summed E-state index contributed by atoms with van der Waals surface area (Å²) in [6.07, 6.45) is 6.93. The molecule has 0 spiro atoms. The van der Waals surface area contributed by atoms with E-state index in [1.165, 1.54) is 91.6 Å². The molecule has 12 aromatic rings. The molecule has 67 heavy (non-hydrogen) atoms. The second kappa shape index (κ2) is 14.5. The molecule has 14 rings (SSSR count). The van der Waals surface area contributed by atoms with Gasteiger partial charge in [-0.15, -0.1) is 11.3 Å². The van der Waals surface area contributed by atoms with Gasteiger partial charge in [-0.1, -0.05) is 141 Å². The average molecular weight is 876 g/mol. The zero-order chi connectivity index (χ0) is 44.4. The van der Waals surface area contributed by atoms with Crippen LogP contribution < -0.4 is 4.90 Å². The number of fused-ring (bicyclic) bond motifs is 11. The van der Waals surface area contributed by atoms with Gasteiger partial charge in [-0.05, 0) is 132 Å². The van der Waals surface area contributed by atoms with Crippen molar-refractivity contribution in [1.82, 2.24) is 9.13 Å². The van der Waals surface area contributed by atoms with Crippen LogP contribution in [-0.4, -0.2) is 9.13 Å². The standard InChI is InChI=1S/C63H45N3S/c1-63(2)55-25-12-9-20-47(55)48-34-32-45(37-56(48)63)64(43-30-28-40(29-31-43)46-23-15-24-51-50-22-11-14-27-61(50)67-62(46)51)44-33-35-58-52(36-44)54-39-59-53(38-60(54)66(58)42-18-7-4-8-19-42)49-21-10-13-26-57(49)65(59)41-16-5-3-6-17-41/h3-11,13-24,26-39H,12,25H2,1-2H3. The Kier molecular flexibility index (Phi) is 8.32. The monoisotopic (exact) mass is 875 g/mol. The molecule has 0 atom stereocenters. The third kappa shape index (κ3) is 5.70. The second-order valence-electron chi connectivity index (χ2n) is 18.8. The van der Waals surface area contributed by atoms with Crippen LogP contribution in [0.2, 0.25) is 0 Å². The largest absolute Gasteiger partial charge is 0.310 e. The van der Waals surface area contributed by atoms with E-state index in [0.29, 0.717) is 0 Å². The quantitative estimate of drug-likeness (QED) is 0.162. The van der Waals surface area contributed by atoms with Crippen LogP contribution in [-0.2, 0) is 5.41 Å². The molecule has 0 N–H and O–H groups in total. The minimum Gasteiger partial charge on any atom is -0.310 e. The molecular weight excluding hydrogens is 831 g/mol. The summed E-state index contributed by atoms with van der Waals surface area (Å²) < 4.78 is 7.55. The number of anilines is 3. The molecule has 0 unspecified atom stereocenters. The first kappa shape index (κ1) is 38.4. The maximum absolute atomic E-state index is 2.48. The van der Waals surface area contributed by atoms with Gasteiger partial charge in [-0.3, -0.25) is 0 Å². The van der Waals surface area contributed by atoms with E-state index in [9.17, 15) is 0 Å². The van der Waals surface area contributed by atoms with Crippen LogP contribution in [0.1, 0.15) is 37.8 Å². The van der Waals surface area contributed by atoms with Crippen LogP contribution in [0.15, 0.2) is 218 Å². The van der Waals surface area contributed by atoms with Crippen molar-refractivity contribution in [3.05, 3.63) is 229 Å². The van der Waals surface area contributed by atoms with Crippen LogP contribution >= 0.6 is 11.3 Å². The number of para-hydroxylation sites is 3. The molecule has 3 heterocycles. The number of aromatic nitrogens is 2. The van der Waals surface area contributed by atoms with Crippen LogP contribution in [0.4, 0.5) is 17.1 Å². The van der Waals surface area contributed by atoms with Crippen LogP contribution in [0.5, 0.6) is 0 Å². The van der Waals surface area contributed by atoms with Crippen molar-refractivity contribution in [3.63, 3.8) is 0 Å². The first-order chi connectivity index (χ1) is 33.0. The number of allylic oxidation sites excluding steroid dienone is 4. The average Bonchev–Trinajstić information content (AvgIpc) is 4.09. The second-order valence-corrected chi connectivity index (χ2v) is 19.9. The van der Waals surface area contributed by atoms with Gasteiger partial charge in [0.15, 0.2) is 0 Å². The molecule has 3 aromatic heterocycles. The van der Waals surface area contributed by atoms with Crippen molar-refractivity contribution in [1.29, 1.82) is 0 Å². The lowest BCUT2D eigenvalue weighted by molar-refractivity contribution is 0.607. The number of hydrogen-bond acceptors (Lipinski definition) is 2. The van der Waals surface area contributed by atoms with E-state index in [0.717, 1.165) is 41.3 Å². The van der Waals surface area contributed by atoms with Crippen LogP contribution in [0, 0.1) is 0 Å². The van der Waals surface area contributed by atoms with Crippen molar-refractivity contribution in [2.24, 2.45) is 0 Å². The highest BCUT2D eigenvalue weighted by molar-refractivity contribution is 7.26. The lowest BCUT2D eigenvalue weighted by atomic mass is 9.78. The van der Waals surface area contributed by atoms with Gasteiger partial charge in [-0.25, -0.2) is 0 Å². The van der Waals surface area contributed by atoms with Crippen LogP contribution in [0.25, 0.3) is 91.9 Å². The molecule has 3 nitrogen and oxygen atoms in total. The molecule has 2 aliphatic carbocycles. The summed E-state index contributed by atoms with van der Waals surface area (Å²) in [5, 5.41) is 7.57. The van der Waals surface area contributed by atoms with Crippen LogP contribution in [0.3, 0.4) is 0 Å². The summed E-state index contributed by atoms with van der Waals surface area (Å²) in [5.41, 5.74) is 18.7. The summed E-state index contributed by atoms with van der Waals surface area (Å²) >= 11 is 1.89. The van der Waals surface area contributed by atoms with E-state index in [2.05, 4.69) is 240 Å². The SMILES string of the molecule is CC1(C)C2=C(C=CCC2)c2ccc(N(c3ccc(-c4cccc5c4sc4ccccc45)cc3)c3ccc4c(c3)c3cc5c(cc3n4-c3ccccc3)c3ccccc3n5-c3ccccc3)cc21. The molecule has 0 saturated heterocycles. The Bertz CT molecular complexity index is 4050. The lowest BCUT2D eigenvalue weighted by Crippen LogP contribution is -2.18. The molecule has 9 aromatic carbocycles. The Morgan fingerprint density at radius 1 is 0.463 bits per heavy atom.